The average molecular weight is 335 g/mol. The highest BCUT2D eigenvalue weighted by atomic mass is 32.1. The van der Waals surface area contributed by atoms with Gasteiger partial charge in [-0.25, -0.2) is 4.98 Å². The van der Waals surface area contributed by atoms with Crippen molar-refractivity contribution in [1.82, 2.24) is 9.55 Å². The Kier molecular flexibility index (Phi) is 4.39. The number of aromatic nitrogens is 2. The molecule has 0 bridgehead atoms. The molecule has 0 spiro atoms. The number of rotatable bonds is 4. The number of nitrogens with one attached hydrogen (secondary N) is 1. The Morgan fingerprint density at radius 1 is 1.39 bits per heavy atom. The summed E-state index contributed by atoms with van der Waals surface area (Å²) in [4.78, 5) is 31.1. The number of thiophene rings is 1. The highest BCUT2D eigenvalue weighted by Crippen LogP contribution is 2.34. The van der Waals surface area contributed by atoms with Gasteiger partial charge in [-0.3, -0.25) is 14.2 Å². The molecule has 0 saturated heterocycles. The number of nitrogens with zero attached hydrogens (tertiary/aromatic N) is 2. The molecule has 0 saturated carbocycles. The molecule has 0 atom stereocenters. The van der Waals surface area contributed by atoms with Crippen LogP contribution in [0.4, 0.5) is 5.95 Å². The lowest BCUT2D eigenvalue weighted by Gasteiger charge is -2.17. The Morgan fingerprint density at radius 2 is 2.13 bits per heavy atom. The van der Waals surface area contributed by atoms with Crippen LogP contribution in [-0.2, 0) is 22.4 Å². The van der Waals surface area contributed by atoms with Gasteiger partial charge < -0.3 is 10.1 Å². The molecule has 124 valence electrons. The summed E-state index contributed by atoms with van der Waals surface area (Å²) in [5.74, 6) is 0.0432. The van der Waals surface area contributed by atoms with Crippen LogP contribution < -0.4 is 10.9 Å². The van der Waals surface area contributed by atoms with Gasteiger partial charge in [0.05, 0.1) is 12.5 Å². The number of esters is 1. The van der Waals surface area contributed by atoms with Gasteiger partial charge in [-0.1, -0.05) is 0 Å². The van der Waals surface area contributed by atoms with Gasteiger partial charge in [0.15, 0.2) is 0 Å². The third kappa shape index (κ3) is 2.85. The van der Waals surface area contributed by atoms with E-state index in [1.807, 2.05) is 13.8 Å². The summed E-state index contributed by atoms with van der Waals surface area (Å²) in [7, 11) is 1.34. The number of fused-ring (bicyclic) bond motifs is 3. The molecule has 7 heteroatoms. The van der Waals surface area contributed by atoms with Crippen LogP contribution in [0.15, 0.2) is 4.79 Å². The highest BCUT2D eigenvalue weighted by molar-refractivity contribution is 7.18. The van der Waals surface area contributed by atoms with Gasteiger partial charge in [0.2, 0.25) is 5.95 Å². The first-order valence-electron chi connectivity index (χ1n) is 7.90. The molecular weight excluding hydrogens is 314 g/mol. The van der Waals surface area contributed by atoms with E-state index in [1.165, 1.54) is 24.0 Å². The van der Waals surface area contributed by atoms with Crippen molar-refractivity contribution < 1.29 is 9.53 Å². The lowest BCUT2D eigenvalue weighted by molar-refractivity contribution is -0.138. The number of ether oxygens (including phenoxy) is 1. The SMILES string of the molecule is COC(=O)CNc1nc2sc3c(c2c(=O)n1C(C)C)CCCC3. The van der Waals surface area contributed by atoms with Crippen molar-refractivity contribution in [2.75, 3.05) is 19.0 Å². The number of carbonyl (C=O) groups is 1. The Balaban J connectivity index is 2.14. The van der Waals surface area contributed by atoms with Crippen molar-refractivity contribution in [1.29, 1.82) is 0 Å². The van der Waals surface area contributed by atoms with E-state index in [2.05, 4.69) is 15.0 Å². The molecule has 0 amide bonds. The Hall–Kier alpha value is -1.89. The van der Waals surface area contributed by atoms with Gasteiger partial charge in [-0.15, -0.1) is 11.3 Å². The summed E-state index contributed by atoms with van der Waals surface area (Å²) in [6.45, 7) is 3.88. The van der Waals surface area contributed by atoms with Crippen molar-refractivity contribution in [3.63, 3.8) is 0 Å². The monoisotopic (exact) mass is 335 g/mol. The number of hydrogen-bond donors (Lipinski definition) is 1. The van der Waals surface area contributed by atoms with Crippen LogP contribution in [0.3, 0.4) is 0 Å². The van der Waals surface area contributed by atoms with Gasteiger partial charge in [0.25, 0.3) is 5.56 Å². The maximum Gasteiger partial charge on any atom is 0.325 e. The molecule has 0 unspecified atom stereocenters. The summed E-state index contributed by atoms with van der Waals surface area (Å²) in [5.41, 5.74) is 1.17. The Labute approximate surface area is 138 Å². The minimum Gasteiger partial charge on any atom is -0.468 e. The van der Waals surface area contributed by atoms with Crippen molar-refractivity contribution in [3.8, 4) is 0 Å². The maximum absolute atomic E-state index is 13.0. The van der Waals surface area contributed by atoms with Crippen LogP contribution in [-0.4, -0.2) is 29.2 Å². The van der Waals surface area contributed by atoms with E-state index in [4.69, 9.17) is 0 Å². The van der Waals surface area contributed by atoms with E-state index in [9.17, 15) is 9.59 Å². The lowest BCUT2D eigenvalue weighted by Crippen LogP contribution is -2.28. The van der Waals surface area contributed by atoms with Crippen LogP contribution in [0.2, 0.25) is 0 Å². The van der Waals surface area contributed by atoms with Gasteiger partial charge in [-0.05, 0) is 45.1 Å². The second-order valence-corrected chi connectivity index (χ2v) is 7.11. The van der Waals surface area contributed by atoms with Gasteiger partial charge in [-0.2, -0.15) is 0 Å². The van der Waals surface area contributed by atoms with Crippen molar-refractivity contribution >= 4 is 33.5 Å². The minimum atomic E-state index is -0.389. The quantitative estimate of drug-likeness (QED) is 0.869. The third-order valence-corrected chi connectivity index (χ3v) is 5.34. The molecular formula is C16H21N3O3S. The number of methoxy groups -OCH3 is 1. The molecule has 1 N–H and O–H groups in total. The molecule has 3 rings (SSSR count). The number of hydrogen-bond acceptors (Lipinski definition) is 6. The van der Waals surface area contributed by atoms with Gasteiger partial charge >= 0.3 is 5.97 Å². The topological polar surface area (TPSA) is 73.2 Å². The van der Waals surface area contributed by atoms with Crippen molar-refractivity contribution in [2.24, 2.45) is 0 Å². The van der Waals surface area contributed by atoms with E-state index in [-0.39, 0.29) is 24.1 Å². The Morgan fingerprint density at radius 3 is 2.83 bits per heavy atom. The van der Waals surface area contributed by atoms with Crippen molar-refractivity contribution in [3.05, 3.63) is 20.8 Å². The zero-order valence-electron chi connectivity index (χ0n) is 13.6. The molecule has 1 aliphatic carbocycles. The van der Waals surface area contributed by atoms with E-state index in [1.54, 1.807) is 15.9 Å². The average Bonchev–Trinajstić information content (AvgIpc) is 2.90. The second kappa shape index (κ2) is 6.31. The van der Waals surface area contributed by atoms with E-state index < -0.39 is 0 Å². The fourth-order valence-electron chi connectivity index (χ4n) is 3.04. The molecule has 2 aromatic heterocycles. The molecule has 2 aromatic rings. The summed E-state index contributed by atoms with van der Waals surface area (Å²) in [6.07, 6.45) is 4.29. The minimum absolute atomic E-state index is 0.00768. The Bertz CT molecular complexity index is 807. The zero-order valence-corrected chi connectivity index (χ0v) is 14.5. The number of carbonyl (C=O) groups excluding carboxylic acids is 1. The zero-order chi connectivity index (χ0) is 16.6. The summed E-state index contributed by atoms with van der Waals surface area (Å²) in [5, 5.41) is 3.71. The summed E-state index contributed by atoms with van der Waals surface area (Å²) < 4.78 is 6.27. The number of aryl methyl sites for hydroxylation is 2. The van der Waals surface area contributed by atoms with Crippen LogP contribution in [0.1, 0.15) is 43.2 Å². The largest absolute Gasteiger partial charge is 0.468 e. The molecule has 0 radical (unpaired) electrons. The smallest absolute Gasteiger partial charge is 0.325 e. The first kappa shape index (κ1) is 16.0. The predicted octanol–water partition coefficient (Wildman–Crippen LogP) is 2.50. The van der Waals surface area contributed by atoms with Crippen LogP contribution in [0, 0.1) is 0 Å². The van der Waals surface area contributed by atoms with E-state index >= 15 is 0 Å². The molecule has 0 aromatic carbocycles. The fraction of sp³-hybridized carbons (Fsp3) is 0.562. The predicted molar refractivity (Wildman–Crippen MR) is 91.4 cm³/mol. The standard InChI is InChI=1S/C16H21N3O3S/c1-9(2)19-15(21)13-10-6-4-5-7-11(10)23-14(13)18-16(19)17-8-12(20)22-3/h9H,4-8H2,1-3H3,(H,17,18). The van der Waals surface area contributed by atoms with Crippen molar-refractivity contribution in [2.45, 2.75) is 45.6 Å². The third-order valence-electron chi connectivity index (χ3n) is 4.16. The van der Waals surface area contributed by atoms with Crippen LogP contribution in [0.5, 0.6) is 0 Å². The first-order valence-corrected chi connectivity index (χ1v) is 8.72. The van der Waals surface area contributed by atoms with Crippen LogP contribution in [0.25, 0.3) is 10.2 Å². The molecule has 1 aliphatic rings. The highest BCUT2D eigenvalue weighted by Gasteiger charge is 2.23. The molecule has 0 fully saturated rings. The molecule has 0 aliphatic heterocycles. The lowest BCUT2D eigenvalue weighted by atomic mass is 9.97. The molecule has 23 heavy (non-hydrogen) atoms. The van der Waals surface area contributed by atoms with Crippen LogP contribution >= 0.6 is 11.3 Å². The second-order valence-electron chi connectivity index (χ2n) is 6.03. The summed E-state index contributed by atoms with van der Waals surface area (Å²) >= 11 is 1.61. The normalized spacial score (nSPS) is 14.1. The molecule has 6 nitrogen and oxygen atoms in total. The van der Waals surface area contributed by atoms with E-state index in [0.717, 1.165) is 29.5 Å². The maximum atomic E-state index is 13.0. The molecule has 2 heterocycles. The fourth-order valence-corrected chi connectivity index (χ4v) is 4.30. The van der Waals surface area contributed by atoms with Gasteiger partial charge in [0.1, 0.15) is 11.4 Å². The summed E-state index contributed by atoms with van der Waals surface area (Å²) in [6, 6.07) is -0.0429. The number of anilines is 1. The first-order chi connectivity index (χ1) is 11.0. The van der Waals surface area contributed by atoms with E-state index in [0.29, 0.717) is 5.95 Å². The van der Waals surface area contributed by atoms with Gasteiger partial charge in [0, 0.05) is 10.9 Å².